The third-order valence-electron chi connectivity index (χ3n) is 2.85. The van der Waals surface area contributed by atoms with Crippen LogP contribution in [-0.2, 0) is 6.42 Å². The molecule has 93 valence electrons. The van der Waals surface area contributed by atoms with E-state index in [1.165, 1.54) is 38.5 Å². The van der Waals surface area contributed by atoms with Crippen molar-refractivity contribution in [2.75, 3.05) is 0 Å². The lowest BCUT2D eigenvalue weighted by Crippen LogP contribution is -1.82. The molecule has 0 aliphatic carbocycles. The van der Waals surface area contributed by atoms with Gasteiger partial charge < -0.3 is 0 Å². The van der Waals surface area contributed by atoms with Gasteiger partial charge in [0.1, 0.15) is 0 Å². The molecule has 0 fully saturated rings. The monoisotopic (exact) mass is 249 g/mol. The molecule has 0 N–H and O–H groups in total. The maximum Gasteiger partial charge on any atom is 0.0447 e. The zero-order chi connectivity index (χ0) is 12.3. The largest absolute Gasteiger partial charge is 0.0882 e. The molecule has 0 saturated heterocycles. The fraction of sp³-hybridized carbons (Fsp3) is 0.500. The van der Waals surface area contributed by atoms with Crippen LogP contribution in [0.2, 0.25) is 5.02 Å². The molecule has 0 unspecified atom stereocenters. The molecule has 0 saturated carbocycles. The molecular weight excluding hydrogens is 228 g/mol. The minimum Gasteiger partial charge on any atom is -0.0882 e. The number of hydrogen-bond donors (Lipinski definition) is 0. The molecule has 0 atom stereocenters. The minimum atomic E-state index is 0.820. The van der Waals surface area contributed by atoms with Gasteiger partial charge in [0.2, 0.25) is 0 Å². The molecule has 0 bridgehead atoms. The quantitative estimate of drug-likeness (QED) is 0.416. The summed E-state index contributed by atoms with van der Waals surface area (Å²) in [6.45, 7) is 2.25. The van der Waals surface area contributed by atoms with Crippen molar-refractivity contribution in [3.05, 3.63) is 47.0 Å². The fourth-order valence-electron chi connectivity index (χ4n) is 1.79. The second kappa shape index (κ2) is 9.30. The first-order chi connectivity index (χ1) is 8.34. The number of benzene rings is 1. The number of rotatable bonds is 8. The number of hydrogen-bond acceptors (Lipinski definition) is 0. The van der Waals surface area contributed by atoms with Crippen molar-refractivity contribution in [1.29, 1.82) is 0 Å². The Morgan fingerprint density at radius 3 is 2.76 bits per heavy atom. The lowest BCUT2D eigenvalue weighted by atomic mass is 10.1. The summed E-state index contributed by atoms with van der Waals surface area (Å²) < 4.78 is 0. The molecule has 1 radical (unpaired) electrons. The van der Waals surface area contributed by atoms with Gasteiger partial charge >= 0.3 is 0 Å². The SMILES string of the molecule is CCCCCCCC=CCc1[c]cccc1Cl. The highest BCUT2D eigenvalue weighted by atomic mass is 35.5. The maximum absolute atomic E-state index is 6.06. The summed E-state index contributed by atoms with van der Waals surface area (Å²) in [5.74, 6) is 0. The summed E-state index contributed by atoms with van der Waals surface area (Å²) in [7, 11) is 0. The third-order valence-corrected chi connectivity index (χ3v) is 3.20. The molecule has 0 spiro atoms. The topological polar surface area (TPSA) is 0 Å². The normalized spacial score (nSPS) is 11.2. The van der Waals surface area contributed by atoms with Crippen LogP contribution in [0.4, 0.5) is 0 Å². The van der Waals surface area contributed by atoms with Crippen molar-refractivity contribution in [1.82, 2.24) is 0 Å². The lowest BCUT2D eigenvalue weighted by Gasteiger charge is -1.99. The highest BCUT2D eigenvalue weighted by Crippen LogP contribution is 2.15. The second-order valence-electron chi connectivity index (χ2n) is 4.38. The molecular formula is C16H22Cl. The van der Waals surface area contributed by atoms with Gasteiger partial charge in [-0.05, 0) is 37.0 Å². The van der Waals surface area contributed by atoms with E-state index in [-0.39, 0.29) is 0 Å². The molecule has 1 rings (SSSR count). The average Bonchev–Trinajstić information content (AvgIpc) is 2.35. The summed E-state index contributed by atoms with van der Waals surface area (Å²) in [6, 6.07) is 8.93. The number of allylic oxidation sites excluding steroid dienone is 2. The molecule has 1 aromatic rings. The molecule has 0 aromatic heterocycles. The number of unbranched alkanes of at least 4 members (excludes halogenated alkanes) is 5. The van der Waals surface area contributed by atoms with Crippen molar-refractivity contribution in [3.8, 4) is 0 Å². The zero-order valence-electron chi connectivity index (χ0n) is 10.7. The summed E-state index contributed by atoms with van der Waals surface area (Å²) in [4.78, 5) is 0. The lowest BCUT2D eigenvalue weighted by molar-refractivity contribution is 0.637. The van der Waals surface area contributed by atoms with Crippen LogP contribution in [0.1, 0.15) is 51.0 Å². The predicted molar refractivity (Wildman–Crippen MR) is 76.5 cm³/mol. The Kier molecular flexibility index (Phi) is 7.83. The molecule has 1 aromatic carbocycles. The van der Waals surface area contributed by atoms with Crippen LogP contribution in [0.3, 0.4) is 0 Å². The van der Waals surface area contributed by atoms with E-state index in [9.17, 15) is 0 Å². The minimum absolute atomic E-state index is 0.820. The Hall–Kier alpha value is -0.750. The Bertz CT molecular complexity index is 328. The van der Waals surface area contributed by atoms with E-state index in [0.717, 1.165) is 17.0 Å². The van der Waals surface area contributed by atoms with Gasteiger partial charge in [0, 0.05) is 5.02 Å². The van der Waals surface area contributed by atoms with Crippen molar-refractivity contribution in [2.45, 2.75) is 51.9 Å². The standard InChI is InChI=1S/C16H22Cl/c1-2-3-4-5-6-7-8-9-12-15-13-10-11-14-16(15)17/h8-11,14H,2-7,12H2,1H3. The van der Waals surface area contributed by atoms with E-state index in [2.05, 4.69) is 25.1 Å². The maximum atomic E-state index is 6.06. The van der Waals surface area contributed by atoms with Gasteiger partial charge in [-0.2, -0.15) is 0 Å². The van der Waals surface area contributed by atoms with Gasteiger partial charge in [-0.15, -0.1) is 0 Å². The summed E-state index contributed by atoms with van der Waals surface area (Å²) in [5, 5.41) is 0.820. The van der Waals surface area contributed by atoms with Crippen molar-refractivity contribution >= 4 is 11.6 Å². The van der Waals surface area contributed by atoms with E-state index >= 15 is 0 Å². The number of halogens is 1. The van der Waals surface area contributed by atoms with Crippen molar-refractivity contribution in [2.24, 2.45) is 0 Å². The molecule has 1 heteroatoms. The van der Waals surface area contributed by atoms with Crippen LogP contribution >= 0.6 is 11.6 Å². The van der Waals surface area contributed by atoms with E-state index in [4.69, 9.17) is 11.6 Å². The Labute approximate surface area is 111 Å². The van der Waals surface area contributed by atoms with Gasteiger partial charge in [-0.1, -0.05) is 68.5 Å². The van der Waals surface area contributed by atoms with Crippen LogP contribution in [0.25, 0.3) is 0 Å². The Morgan fingerprint density at radius 2 is 2.00 bits per heavy atom. The van der Waals surface area contributed by atoms with Gasteiger partial charge in [-0.3, -0.25) is 0 Å². The van der Waals surface area contributed by atoms with Gasteiger partial charge in [0.05, 0.1) is 0 Å². The first-order valence-corrected chi connectivity index (χ1v) is 7.02. The van der Waals surface area contributed by atoms with Gasteiger partial charge in [0.15, 0.2) is 0 Å². The van der Waals surface area contributed by atoms with Crippen LogP contribution in [-0.4, -0.2) is 0 Å². The molecule has 17 heavy (non-hydrogen) atoms. The van der Waals surface area contributed by atoms with Crippen LogP contribution in [0, 0.1) is 6.07 Å². The van der Waals surface area contributed by atoms with Crippen LogP contribution in [0.5, 0.6) is 0 Å². The molecule has 0 amide bonds. The third kappa shape index (κ3) is 6.53. The first-order valence-electron chi connectivity index (χ1n) is 6.64. The fourth-order valence-corrected chi connectivity index (χ4v) is 2.00. The zero-order valence-corrected chi connectivity index (χ0v) is 11.5. The van der Waals surface area contributed by atoms with Crippen LogP contribution in [0.15, 0.2) is 30.4 Å². The van der Waals surface area contributed by atoms with Crippen molar-refractivity contribution < 1.29 is 0 Å². The summed E-state index contributed by atoms with van der Waals surface area (Å²) >= 11 is 6.06. The summed E-state index contributed by atoms with van der Waals surface area (Å²) in [5.41, 5.74) is 1.09. The first kappa shape index (κ1) is 14.3. The van der Waals surface area contributed by atoms with Crippen molar-refractivity contribution in [3.63, 3.8) is 0 Å². The van der Waals surface area contributed by atoms with Gasteiger partial charge in [0.25, 0.3) is 0 Å². The molecule has 0 aliphatic heterocycles. The Balaban J connectivity index is 2.12. The van der Waals surface area contributed by atoms with E-state index in [1.54, 1.807) is 0 Å². The molecule has 0 nitrogen and oxygen atoms in total. The molecule has 0 heterocycles. The second-order valence-corrected chi connectivity index (χ2v) is 4.78. The van der Waals surface area contributed by atoms with E-state index < -0.39 is 0 Å². The van der Waals surface area contributed by atoms with E-state index in [1.807, 2.05) is 18.2 Å². The highest BCUT2D eigenvalue weighted by molar-refractivity contribution is 6.31. The van der Waals surface area contributed by atoms with E-state index in [0.29, 0.717) is 0 Å². The smallest absolute Gasteiger partial charge is 0.0447 e. The predicted octanol–water partition coefficient (Wildman–Crippen LogP) is 5.60. The van der Waals surface area contributed by atoms with Crippen LogP contribution < -0.4 is 0 Å². The average molecular weight is 250 g/mol. The Morgan fingerprint density at radius 1 is 1.18 bits per heavy atom. The summed E-state index contributed by atoms with van der Waals surface area (Å²) in [6.07, 6.45) is 13.3. The molecule has 0 aliphatic rings. The highest BCUT2D eigenvalue weighted by Gasteiger charge is 1.95. The van der Waals surface area contributed by atoms with Gasteiger partial charge in [-0.25, -0.2) is 0 Å².